The molecule has 5 rings (SSSR count). The fourth-order valence-corrected chi connectivity index (χ4v) is 5.55. The van der Waals surface area contributed by atoms with Gasteiger partial charge in [0.25, 0.3) is 0 Å². The summed E-state index contributed by atoms with van der Waals surface area (Å²) in [5.41, 5.74) is 1.66. The van der Waals surface area contributed by atoms with E-state index in [4.69, 9.17) is 18.9 Å². The molecule has 4 aromatic carbocycles. The Morgan fingerprint density at radius 1 is 0.700 bits per heavy atom. The van der Waals surface area contributed by atoms with Gasteiger partial charge in [-0.2, -0.15) is 0 Å². The van der Waals surface area contributed by atoms with E-state index in [9.17, 15) is 4.79 Å². The van der Waals surface area contributed by atoms with Crippen LogP contribution in [0.25, 0.3) is 10.8 Å². The lowest BCUT2D eigenvalue weighted by molar-refractivity contribution is -0.294. The maximum absolute atomic E-state index is 11.8. The molecule has 0 amide bonds. The molecular formula is C35H38O5. The molecule has 4 atom stereocenters. The van der Waals surface area contributed by atoms with Crippen molar-refractivity contribution in [3.63, 3.8) is 0 Å². The van der Waals surface area contributed by atoms with Gasteiger partial charge in [0.2, 0.25) is 0 Å². The third-order valence-corrected chi connectivity index (χ3v) is 7.80. The van der Waals surface area contributed by atoms with Crippen molar-refractivity contribution in [3.05, 3.63) is 120 Å². The predicted molar refractivity (Wildman–Crippen MR) is 157 cm³/mol. The molecule has 40 heavy (non-hydrogen) atoms. The lowest BCUT2D eigenvalue weighted by Crippen LogP contribution is -2.63. The topological polar surface area (TPSA) is 54.0 Å². The average Bonchev–Trinajstić information content (AvgIpc) is 2.97. The van der Waals surface area contributed by atoms with Crippen LogP contribution in [-0.2, 0) is 43.6 Å². The first-order valence-corrected chi connectivity index (χ1v) is 14.0. The first-order chi connectivity index (χ1) is 19.5. The van der Waals surface area contributed by atoms with Crippen LogP contribution in [0, 0.1) is 0 Å². The Balaban J connectivity index is 1.34. The highest BCUT2D eigenvalue weighted by molar-refractivity contribution is 5.82. The zero-order valence-electron chi connectivity index (χ0n) is 23.3. The average molecular weight is 539 g/mol. The maximum atomic E-state index is 11.8. The summed E-state index contributed by atoms with van der Waals surface area (Å²) in [6, 6.07) is 34.8. The van der Waals surface area contributed by atoms with E-state index in [2.05, 4.69) is 42.5 Å². The molecule has 1 aliphatic rings. The summed E-state index contributed by atoms with van der Waals surface area (Å²) < 4.78 is 26.0. The van der Waals surface area contributed by atoms with E-state index in [0.29, 0.717) is 32.8 Å². The molecule has 1 saturated heterocycles. The summed E-state index contributed by atoms with van der Waals surface area (Å²) in [5, 5.41) is 2.37. The third kappa shape index (κ3) is 6.86. The Morgan fingerprint density at radius 2 is 1.27 bits per heavy atom. The van der Waals surface area contributed by atoms with Crippen LogP contribution in [0.3, 0.4) is 0 Å². The summed E-state index contributed by atoms with van der Waals surface area (Å²) in [4.78, 5) is 11.8. The van der Waals surface area contributed by atoms with Crippen LogP contribution >= 0.6 is 0 Å². The quantitative estimate of drug-likeness (QED) is 0.181. The van der Waals surface area contributed by atoms with E-state index in [1.165, 1.54) is 10.8 Å². The predicted octanol–water partition coefficient (Wildman–Crippen LogP) is 7.05. The van der Waals surface area contributed by atoms with Crippen molar-refractivity contribution < 1.29 is 23.7 Å². The van der Waals surface area contributed by atoms with Gasteiger partial charge >= 0.3 is 0 Å². The Labute approximate surface area is 237 Å². The number of carbonyl (C=O) groups excluding carboxylic acids is 1. The highest BCUT2D eigenvalue weighted by Gasteiger charge is 2.53. The number of carbonyl (C=O) groups is 1. The van der Waals surface area contributed by atoms with Crippen LogP contribution in [0.2, 0.25) is 0 Å². The molecule has 208 valence electrons. The van der Waals surface area contributed by atoms with Crippen molar-refractivity contribution in [1.29, 1.82) is 0 Å². The number of rotatable bonds is 12. The molecule has 0 saturated carbocycles. The number of benzene rings is 4. The Kier molecular flexibility index (Phi) is 9.08. The second-order valence-electron chi connectivity index (χ2n) is 11.1. The molecule has 0 aromatic heterocycles. The Morgan fingerprint density at radius 3 is 1.95 bits per heavy atom. The molecule has 5 heteroatoms. The lowest BCUT2D eigenvalue weighted by atomic mass is 9.81. The number of ether oxygens (including phenoxy) is 4. The molecule has 1 aliphatic heterocycles. The van der Waals surface area contributed by atoms with Gasteiger partial charge < -0.3 is 23.7 Å². The molecule has 0 N–H and O–H groups in total. The summed E-state index contributed by atoms with van der Waals surface area (Å²) in [6.45, 7) is 5.65. The fourth-order valence-electron chi connectivity index (χ4n) is 5.55. The van der Waals surface area contributed by atoms with Crippen LogP contribution in [0.1, 0.15) is 43.4 Å². The normalized spacial score (nSPS) is 24.6. The van der Waals surface area contributed by atoms with E-state index >= 15 is 0 Å². The second kappa shape index (κ2) is 12.9. The Hall–Kier alpha value is -3.35. The van der Waals surface area contributed by atoms with Gasteiger partial charge in [0.15, 0.2) is 0 Å². The molecule has 1 heterocycles. The number of aldehydes is 1. The highest BCUT2D eigenvalue weighted by atomic mass is 16.6. The van der Waals surface area contributed by atoms with E-state index in [-0.39, 0.29) is 18.6 Å². The van der Waals surface area contributed by atoms with Crippen molar-refractivity contribution in [2.45, 2.75) is 69.9 Å². The largest absolute Gasteiger partial charge is 0.374 e. The van der Waals surface area contributed by atoms with Gasteiger partial charge in [-0.15, -0.1) is 0 Å². The van der Waals surface area contributed by atoms with Crippen molar-refractivity contribution >= 4 is 17.1 Å². The molecule has 0 radical (unpaired) electrons. The standard InChI is InChI=1S/C35H38O5/c1-34(19-20-36)32(39-25-29-17-18-30-15-9-10-16-31(30)21-29)22-33(38-24-28-13-7-4-8-14-28)35(2,40-34)26-37-23-27-11-5-3-6-12-27/h3-18,20-21,32-33H,19,22-26H2,1-2H3. The van der Waals surface area contributed by atoms with Crippen LogP contribution in [0.5, 0.6) is 0 Å². The molecule has 5 nitrogen and oxygen atoms in total. The summed E-state index contributed by atoms with van der Waals surface area (Å²) >= 11 is 0. The van der Waals surface area contributed by atoms with Gasteiger partial charge in [0.1, 0.15) is 11.9 Å². The van der Waals surface area contributed by atoms with Gasteiger partial charge in [-0.25, -0.2) is 0 Å². The van der Waals surface area contributed by atoms with Gasteiger partial charge in [-0.3, -0.25) is 0 Å². The first-order valence-electron chi connectivity index (χ1n) is 14.0. The SMILES string of the molecule is CC1(CC=O)OC(C)(COCc2ccccc2)C(OCc2ccccc2)CC1OCc1ccc2ccccc2c1. The smallest absolute Gasteiger partial charge is 0.122 e. The molecule has 0 bridgehead atoms. The zero-order valence-corrected chi connectivity index (χ0v) is 23.3. The lowest BCUT2D eigenvalue weighted by Gasteiger charge is -2.52. The number of fused-ring (bicyclic) bond motifs is 1. The van der Waals surface area contributed by atoms with Crippen molar-refractivity contribution in [2.24, 2.45) is 0 Å². The summed E-state index contributed by atoms with van der Waals surface area (Å²) in [5.74, 6) is 0. The van der Waals surface area contributed by atoms with E-state index in [0.717, 1.165) is 23.0 Å². The van der Waals surface area contributed by atoms with Crippen molar-refractivity contribution in [2.75, 3.05) is 6.61 Å². The van der Waals surface area contributed by atoms with Gasteiger partial charge in [0, 0.05) is 12.8 Å². The molecule has 0 aliphatic carbocycles. The minimum atomic E-state index is -0.823. The van der Waals surface area contributed by atoms with E-state index in [1.54, 1.807) is 0 Å². The van der Waals surface area contributed by atoms with Gasteiger partial charge in [-0.1, -0.05) is 97.1 Å². The minimum absolute atomic E-state index is 0.217. The first kappa shape index (κ1) is 28.2. The number of hydrogen-bond acceptors (Lipinski definition) is 5. The van der Waals surface area contributed by atoms with Crippen LogP contribution in [0.4, 0.5) is 0 Å². The van der Waals surface area contributed by atoms with E-state index < -0.39 is 11.2 Å². The maximum Gasteiger partial charge on any atom is 0.122 e. The zero-order chi connectivity index (χ0) is 27.8. The highest BCUT2D eigenvalue weighted by Crippen LogP contribution is 2.41. The minimum Gasteiger partial charge on any atom is -0.374 e. The molecule has 0 spiro atoms. The number of hydrogen-bond donors (Lipinski definition) is 0. The molecule has 4 aromatic rings. The van der Waals surface area contributed by atoms with Crippen LogP contribution in [0.15, 0.2) is 103 Å². The van der Waals surface area contributed by atoms with Gasteiger partial charge in [-0.05, 0) is 47.4 Å². The molecular weight excluding hydrogens is 500 g/mol. The monoisotopic (exact) mass is 538 g/mol. The van der Waals surface area contributed by atoms with Crippen LogP contribution in [-0.4, -0.2) is 36.3 Å². The third-order valence-electron chi connectivity index (χ3n) is 7.80. The van der Waals surface area contributed by atoms with E-state index in [1.807, 2.05) is 74.5 Å². The fraction of sp³-hybridized carbons (Fsp3) is 0.343. The van der Waals surface area contributed by atoms with Crippen LogP contribution < -0.4 is 0 Å². The molecule has 1 fully saturated rings. The summed E-state index contributed by atoms with van der Waals surface area (Å²) in [6.07, 6.45) is 1.07. The summed E-state index contributed by atoms with van der Waals surface area (Å²) in [7, 11) is 0. The Bertz CT molecular complexity index is 1370. The van der Waals surface area contributed by atoms with Crippen molar-refractivity contribution in [1.82, 2.24) is 0 Å². The second-order valence-corrected chi connectivity index (χ2v) is 11.1. The van der Waals surface area contributed by atoms with Crippen molar-refractivity contribution in [3.8, 4) is 0 Å². The molecule has 4 unspecified atom stereocenters. The van der Waals surface area contributed by atoms with Gasteiger partial charge in [0.05, 0.1) is 44.2 Å².